The molecule has 0 radical (unpaired) electrons. The predicted octanol–water partition coefficient (Wildman–Crippen LogP) is 2.06. The van der Waals surface area contributed by atoms with E-state index in [9.17, 15) is 15.0 Å². The summed E-state index contributed by atoms with van der Waals surface area (Å²) in [6.45, 7) is 6.04. The Labute approximate surface area is 96.2 Å². The number of carboxylic acid groups (broad SMARTS) is 1. The first-order valence-corrected chi connectivity index (χ1v) is 6.11. The third kappa shape index (κ3) is 1.77. The van der Waals surface area contributed by atoms with Gasteiger partial charge >= 0.3 is 5.97 Å². The Bertz CT molecular complexity index is 310. The van der Waals surface area contributed by atoms with Crippen molar-refractivity contribution in [3.8, 4) is 0 Å². The van der Waals surface area contributed by atoms with Gasteiger partial charge in [0.05, 0.1) is 12.0 Å². The number of hydrogen-bond donors (Lipinski definition) is 2. The maximum absolute atomic E-state index is 11.2. The zero-order valence-corrected chi connectivity index (χ0v) is 9.72. The molecule has 2 aliphatic carbocycles. The van der Waals surface area contributed by atoms with Gasteiger partial charge in [-0.2, -0.15) is 0 Å². The highest BCUT2D eigenvalue weighted by Gasteiger charge is 2.47. The van der Waals surface area contributed by atoms with Gasteiger partial charge in [0.25, 0.3) is 0 Å². The minimum Gasteiger partial charge on any atom is -0.481 e. The van der Waals surface area contributed by atoms with Crippen molar-refractivity contribution in [1.29, 1.82) is 0 Å². The largest absolute Gasteiger partial charge is 0.481 e. The van der Waals surface area contributed by atoms with Crippen LogP contribution in [-0.2, 0) is 4.79 Å². The van der Waals surface area contributed by atoms with Crippen molar-refractivity contribution >= 4 is 5.97 Å². The lowest BCUT2D eigenvalue weighted by atomic mass is 9.59. The number of aliphatic hydroxyl groups is 1. The highest BCUT2D eigenvalue weighted by molar-refractivity contribution is 5.70. The fraction of sp³-hybridized carbons (Fsp3) is 0.769. The van der Waals surface area contributed by atoms with E-state index in [1.807, 2.05) is 0 Å². The molecule has 2 rings (SSSR count). The quantitative estimate of drug-likeness (QED) is 0.670. The maximum atomic E-state index is 11.2. The van der Waals surface area contributed by atoms with Crippen LogP contribution in [0.3, 0.4) is 0 Å². The van der Waals surface area contributed by atoms with E-state index < -0.39 is 12.1 Å². The smallest absolute Gasteiger partial charge is 0.306 e. The van der Waals surface area contributed by atoms with Crippen LogP contribution in [0, 0.1) is 23.7 Å². The lowest BCUT2D eigenvalue weighted by Gasteiger charge is -2.46. The van der Waals surface area contributed by atoms with Gasteiger partial charge in [0, 0.05) is 5.92 Å². The summed E-state index contributed by atoms with van der Waals surface area (Å²) in [5, 5.41) is 19.4. The first kappa shape index (κ1) is 11.6. The molecular weight excluding hydrogens is 204 g/mol. The van der Waals surface area contributed by atoms with Crippen LogP contribution in [0.2, 0.25) is 0 Å². The number of carbonyl (C=O) groups is 1. The van der Waals surface area contributed by atoms with Crippen molar-refractivity contribution in [3.63, 3.8) is 0 Å². The van der Waals surface area contributed by atoms with Gasteiger partial charge in [-0.05, 0) is 43.1 Å². The zero-order valence-electron chi connectivity index (χ0n) is 9.72. The SMILES string of the molecule is C=C1CCC2C(C)CCC(C(=O)O)C2C1O. The van der Waals surface area contributed by atoms with Crippen molar-refractivity contribution in [2.24, 2.45) is 23.7 Å². The fourth-order valence-corrected chi connectivity index (χ4v) is 3.52. The number of rotatable bonds is 1. The first-order valence-electron chi connectivity index (χ1n) is 6.11. The average Bonchev–Trinajstić information content (AvgIpc) is 2.23. The van der Waals surface area contributed by atoms with Crippen LogP contribution >= 0.6 is 0 Å². The Hall–Kier alpha value is -0.830. The van der Waals surface area contributed by atoms with Gasteiger partial charge in [0.15, 0.2) is 0 Å². The topological polar surface area (TPSA) is 57.5 Å². The molecule has 0 aromatic heterocycles. The normalized spacial score (nSPS) is 43.9. The minimum absolute atomic E-state index is 0.109. The minimum atomic E-state index is -0.754. The molecule has 0 aliphatic heterocycles. The molecule has 2 fully saturated rings. The van der Waals surface area contributed by atoms with Gasteiger partial charge in [-0.1, -0.05) is 13.5 Å². The van der Waals surface area contributed by atoms with Crippen LogP contribution in [0.25, 0.3) is 0 Å². The monoisotopic (exact) mass is 224 g/mol. The third-order valence-electron chi connectivity index (χ3n) is 4.52. The number of aliphatic carboxylic acids is 1. The Balaban J connectivity index is 2.26. The maximum Gasteiger partial charge on any atom is 0.306 e. The molecule has 0 aromatic carbocycles. The van der Waals surface area contributed by atoms with E-state index in [1.165, 1.54) is 0 Å². The van der Waals surface area contributed by atoms with Crippen molar-refractivity contribution in [3.05, 3.63) is 12.2 Å². The molecule has 2 saturated carbocycles. The molecule has 5 atom stereocenters. The molecule has 0 amide bonds. The molecule has 0 saturated heterocycles. The molecule has 5 unspecified atom stereocenters. The van der Waals surface area contributed by atoms with Gasteiger partial charge in [-0.15, -0.1) is 0 Å². The van der Waals surface area contributed by atoms with Crippen LogP contribution in [0.15, 0.2) is 12.2 Å². The Morgan fingerprint density at radius 3 is 2.69 bits per heavy atom. The van der Waals surface area contributed by atoms with E-state index in [0.29, 0.717) is 18.3 Å². The molecule has 0 aromatic rings. The number of hydrogen-bond acceptors (Lipinski definition) is 2. The molecule has 90 valence electrons. The number of carboxylic acids is 1. The summed E-state index contributed by atoms with van der Waals surface area (Å²) in [7, 11) is 0. The second-order valence-electron chi connectivity index (χ2n) is 5.38. The van der Waals surface area contributed by atoms with Crippen LogP contribution in [-0.4, -0.2) is 22.3 Å². The number of fused-ring (bicyclic) bond motifs is 1. The summed E-state index contributed by atoms with van der Waals surface area (Å²) in [5.74, 6) is -0.356. The van der Waals surface area contributed by atoms with E-state index in [2.05, 4.69) is 13.5 Å². The first-order chi connectivity index (χ1) is 7.52. The Morgan fingerprint density at radius 1 is 1.38 bits per heavy atom. The Morgan fingerprint density at radius 2 is 2.06 bits per heavy atom. The molecule has 0 spiro atoms. The van der Waals surface area contributed by atoms with E-state index in [-0.39, 0.29) is 11.8 Å². The summed E-state index contributed by atoms with van der Waals surface area (Å²) in [6, 6.07) is 0. The lowest BCUT2D eigenvalue weighted by molar-refractivity contribution is -0.150. The van der Waals surface area contributed by atoms with Crippen LogP contribution in [0.4, 0.5) is 0 Å². The molecule has 16 heavy (non-hydrogen) atoms. The van der Waals surface area contributed by atoms with E-state index in [0.717, 1.165) is 24.8 Å². The van der Waals surface area contributed by atoms with E-state index in [4.69, 9.17) is 0 Å². The fourth-order valence-electron chi connectivity index (χ4n) is 3.52. The highest BCUT2D eigenvalue weighted by atomic mass is 16.4. The molecule has 3 nitrogen and oxygen atoms in total. The summed E-state index contributed by atoms with van der Waals surface area (Å²) >= 11 is 0. The van der Waals surface area contributed by atoms with Gasteiger partial charge < -0.3 is 10.2 Å². The lowest BCUT2D eigenvalue weighted by Crippen LogP contribution is -2.47. The molecule has 0 heterocycles. The summed E-state index contributed by atoms with van der Waals surface area (Å²) in [5.41, 5.74) is 0.821. The van der Waals surface area contributed by atoms with Gasteiger partial charge in [0.1, 0.15) is 0 Å². The molecule has 2 aliphatic rings. The third-order valence-corrected chi connectivity index (χ3v) is 4.52. The summed E-state index contributed by atoms with van der Waals surface area (Å²) in [4.78, 5) is 11.2. The van der Waals surface area contributed by atoms with Crippen molar-refractivity contribution in [2.75, 3.05) is 0 Å². The van der Waals surface area contributed by atoms with Gasteiger partial charge in [0.2, 0.25) is 0 Å². The summed E-state index contributed by atoms with van der Waals surface area (Å²) in [6.07, 6.45) is 2.90. The summed E-state index contributed by atoms with van der Waals surface area (Å²) < 4.78 is 0. The van der Waals surface area contributed by atoms with Crippen LogP contribution in [0.5, 0.6) is 0 Å². The second-order valence-corrected chi connectivity index (χ2v) is 5.38. The average molecular weight is 224 g/mol. The zero-order chi connectivity index (χ0) is 11.9. The van der Waals surface area contributed by atoms with Crippen molar-refractivity contribution < 1.29 is 15.0 Å². The van der Waals surface area contributed by atoms with E-state index >= 15 is 0 Å². The molecular formula is C13H20O3. The standard InChI is InChI=1S/C13H20O3/c1-7-3-6-10(13(15)16)11-9(7)5-4-8(2)12(11)14/h7,9-12,14H,2-6H2,1H3,(H,15,16). The second kappa shape index (κ2) is 4.21. The highest BCUT2D eigenvalue weighted by Crippen LogP contribution is 2.47. The van der Waals surface area contributed by atoms with Crippen molar-refractivity contribution in [1.82, 2.24) is 0 Å². The van der Waals surface area contributed by atoms with Crippen molar-refractivity contribution in [2.45, 2.75) is 38.7 Å². The molecule has 3 heteroatoms. The van der Waals surface area contributed by atoms with Crippen LogP contribution in [0.1, 0.15) is 32.6 Å². The predicted molar refractivity (Wildman–Crippen MR) is 60.9 cm³/mol. The number of aliphatic hydroxyl groups excluding tert-OH is 1. The molecule has 0 bridgehead atoms. The molecule has 2 N–H and O–H groups in total. The van der Waals surface area contributed by atoms with Gasteiger partial charge in [-0.25, -0.2) is 0 Å². The van der Waals surface area contributed by atoms with Crippen LogP contribution < -0.4 is 0 Å². The Kier molecular flexibility index (Phi) is 3.06. The van der Waals surface area contributed by atoms with Gasteiger partial charge in [-0.3, -0.25) is 4.79 Å². The van der Waals surface area contributed by atoms with E-state index in [1.54, 1.807) is 0 Å².